The lowest BCUT2D eigenvalue weighted by Gasteiger charge is -2.54. The Kier molecular flexibility index (Phi) is 4.54. The molecular formula is C19H31N3O2. The third-order valence-electron chi connectivity index (χ3n) is 7.13. The first-order valence-electron chi connectivity index (χ1n) is 9.85. The second-order valence-corrected chi connectivity index (χ2v) is 8.69. The van der Waals surface area contributed by atoms with Crippen LogP contribution in [0.1, 0.15) is 44.9 Å². The largest absolute Gasteiger partial charge is 0.359 e. The second-order valence-electron chi connectivity index (χ2n) is 8.69. The first-order chi connectivity index (χ1) is 11.6. The van der Waals surface area contributed by atoms with Crippen LogP contribution in [-0.2, 0) is 9.59 Å². The van der Waals surface area contributed by atoms with Crippen LogP contribution in [0, 0.1) is 29.6 Å². The third kappa shape index (κ3) is 3.19. The van der Waals surface area contributed by atoms with Crippen molar-refractivity contribution in [3.8, 4) is 0 Å². The molecule has 0 unspecified atom stereocenters. The fourth-order valence-electron chi connectivity index (χ4n) is 6.15. The normalized spacial score (nSPS) is 39.0. The van der Waals surface area contributed by atoms with Crippen LogP contribution >= 0.6 is 0 Å². The zero-order valence-electron chi connectivity index (χ0n) is 14.8. The van der Waals surface area contributed by atoms with Crippen molar-refractivity contribution in [1.82, 2.24) is 15.5 Å². The molecule has 5 heteroatoms. The Morgan fingerprint density at radius 1 is 0.958 bits per heavy atom. The quantitative estimate of drug-likeness (QED) is 0.817. The number of nitrogens with one attached hydrogen (secondary N) is 2. The molecule has 24 heavy (non-hydrogen) atoms. The van der Waals surface area contributed by atoms with Crippen molar-refractivity contribution >= 4 is 11.8 Å². The average Bonchev–Trinajstić information content (AvgIpc) is 2.57. The maximum atomic E-state index is 12.5. The van der Waals surface area contributed by atoms with Gasteiger partial charge in [0.1, 0.15) is 0 Å². The van der Waals surface area contributed by atoms with E-state index in [-0.39, 0.29) is 17.7 Å². The zero-order valence-corrected chi connectivity index (χ0v) is 14.8. The van der Waals surface area contributed by atoms with Crippen LogP contribution in [0.3, 0.4) is 0 Å². The standard InChI is InChI=1S/C19H31N3O2/c1-20-19(24)14-2-4-22(5-3-14)11-17(23)21-18-15-7-12-6-13(9-15)10-16(18)8-12/h12-16,18H,2-11H2,1H3,(H,20,24)(H,21,23). The van der Waals surface area contributed by atoms with E-state index in [4.69, 9.17) is 0 Å². The number of carbonyl (C=O) groups is 2. The fraction of sp³-hybridized carbons (Fsp3) is 0.895. The molecule has 1 heterocycles. The summed E-state index contributed by atoms with van der Waals surface area (Å²) in [4.78, 5) is 26.4. The Labute approximate surface area is 144 Å². The highest BCUT2D eigenvalue weighted by Gasteiger charge is 2.48. The Morgan fingerprint density at radius 3 is 2.08 bits per heavy atom. The maximum absolute atomic E-state index is 12.5. The molecule has 4 saturated carbocycles. The van der Waals surface area contributed by atoms with Gasteiger partial charge < -0.3 is 10.6 Å². The number of likely N-dealkylation sites (tertiary alicyclic amines) is 1. The summed E-state index contributed by atoms with van der Waals surface area (Å²) >= 11 is 0. The van der Waals surface area contributed by atoms with Crippen LogP contribution in [0.4, 0.5) is 0 Å². The predicted molar refractivity (Wildman–Crippen MR) is 92.2 cm³/mol. The third-order valence-corrected chi connectivity index (χ3v) is 7.13. The molecule has 5 aliphatic rings. The van der Waals surface area contributed by atoms with Gasteiger partial charge in [0.05, 0.1) is 6.54 Å². The summed E-state index contributed by atoms with van der Waals surface area (Å²) in [6.45, 7) is 2.21. The van der Waals surface area contributed by atoms with E-state index in [1.807, 2.05) is 0 Å². The Morgan fingerprint density at radius 2 is 1.54 bits per heavy atom. The van der Waals surface area contributed by atoms with Gasteiger partial charge in [0.15, 0.2) is 0 Å². The minimum absolute atomic E-state index is 0.124. The van der Waals surface area contributed by atoms with Crippen LogP contribution in [0.5, 0.6) is 0 Å². The van der Waals surface area contributed by atoms with Gasteiger partial charge in [-0.15, -0.1) is 0 Å². The molecular weight excluding hydrogens is 302 g/mol. The van der Waals surface area contributed by atoms with Gasteiger partial charge in [0, 0.05) is 19.0 Å². The van der Waals surface area contributed by atoms with Crippen LogP contribution in [0.15, 0.2) is 0 Å². The molecule has 5 fully saturated rings. The summed E-state index contributed by atoms with van der Waals surface area (Å²) in [7, 11) is 1.70. The summed E-state index contributed by atoms with van der Waals surface area (Å²) < 4.78 is 0. The molecule has 1 aliphatic heterocycles. The monoisotopic (exact) mass is 333 g/mol. The van der Waals surface area contributed by atoms with Crippen molar-refractivity contribution in [1.29, 1.82) is 0 Å². The Bertz CT molecular complexity index is 471. The van der Waals surface area contributed by atoms with Crippen LogP contribution < -0.4 is 10.6 Å². The molecule has 2 amide bonds. The van der Waals surface area contributed by atoms with Crippen LogP contribution in [0.25, 0.3) is 0 Å². The maximum Gasteiger partial charge on any atom is 0.234 e. The minimum atomic E-state index is 0.124. The smallest absolute Gasteiger partial charge is 0.234 e. The fourth-order valence-corrected chi connectivity index (χ4v) is 6.15. The number of nitrogens with zero attached hydrogens (tertiary/aromatic N) is 1. The molecule has 0 aromatic rings. The van der Waals surface area contributed by atoms with Gasteiger partial charge in [0.25, 0.3) is 0 Å². The van der Waals surface area contributed by atoms with Crippen molar-refractivity contribution < 1.29 is 9.59 Å². The summed E-state index contributed by atoms with van der Waals surface area (Å²) in [6, 6.07) is 0.439. The van der Waals surface area contributed by atoms with Gasteiger partial charge in [0.2, 0.25) is 11.8 Å². The molecule has 2 N–H and O–H groups in total. The van der Waals surface area contributed by atoms with Gasteiger partial charge in [-0.2, -0.15) is 0 Å². The van der Waals surface area contributed by atoms with E-state index in [0.29, 0.717) is 12.6 Å². The van der Waals surface area contributed by atoms with Gasteiger partial charge in [-0.3, -0.25) is 14.5 Å². The molecule has 0 aromatic carbocycles. The molecule has 0 spiro atoms. The first kappa shape index (κ1) is 16.4. The van der Waals surface area contributed by atoms with E-state index in [2.05, 4.69) is 15.5 Å². The molecule has 5 rings (SSSR count). The van der Waals surface area contributed by atoms with Gasteiger partial charge in [-0.05, 0) is 81.7 Å². The second kappa shape index (κ2) is 6.66. The van der Waals surface area contributed by atoms with Gasteiger partial charge >= 0.3 is 0 Å². The lowest BCUT2D eigenvalue weighted by Crippen LogP contribution is -2.57. The average molecular weight is 333 g/mol. The molecule has 1 saturated heterocycles. The summed E-state index contributed by atoms with van der Waals surface area (Å²) in [5.41, 5.74) is 0. The van der Waals surface area contributed by atoms with Crippen molar-refractivity contribution in [2.24, 2.45) is 29.6 Å². The molecule has 0 aromatic heterocycles. The van der Waals surface area contributed by atoms with E-state index < -0.39 is 0 Å². The molecule has 134 valence electrons. The number of rotatable bonds is 4. The minimum Gasteiger partial charge on any atom is -0.359 e. The van der Waals surface area contributed by atoms with Gasteiger partial charge in [-0.1, -0.05) is 0 Å². The van der Waals surface area contributed by atoms with E-state index in [9.17, 15) is 9.59 Å². The van der Waals surface area contributed by atoms with Crippen molar-refractivity contribution in [3.05, 3.63) is 0 Å². The van der Waals surface area contributed by atoms with Crippen molar-refractivity contribution in [2.75, 3.05) is 26.7 Å². The van der Waals surface area contributed by atoms with E-state index in [1.54, 1.807) is 7.05 Å². The summed E-state index contributed by atoms with van der Waals surface area (Å²) in [5.74, 6) is 3.85. The number of carbonyl (C=O) groups excluding carboxylic acids is 2. The highest BCUT2D eigenvalue weighted by atomic mass is 16.2. The van der Waals surface area contributed by atoms with Crippen LogP contribution in [-0.4, -0.2) is 49.4 Å². The predicted octanol–water partition coefficient (Wildman–Crippen LogP) is 1.39. The van der Waals surface area contributed by atoms with E-state index in [0.717, 1.165) is 49.6 Å². The van der Waals surface area contributed by atoms with E-state index >= 15 is 0 Å². The van der Waals surface area contributed by atoms with Gasteiger partial charge in [-0.25, -0.2) is 0 Å². The van der Waals surface area contributed by atoms with Crippen LogP contribution in [0.2, 0.25) is 0 Å². The Balaban J connectivity index is 1.25. The number of amides is 2. The Hall–Kier alpha value is -1.10. The molecule has 0 radical (unpaired) electrons. The van der Waals surface area contributed by atoms with Crippen molar-refractivity contribution in [3.63, 3.8) is 0 Å². The molecule has 4 bridgehead atoms. The highest BCUT2D eigenvalue weighted by molar-refractivity contribution is 5.79. The van der Waals surface area contributed by atoms with Crippen molar-refractivity contribution in [2.45, 2.75) is 51.0 Å². The topological polar surface area (TPSA) is 61.4 Å². The SMILES string of the molecule is CNC(=O)C1CCN(CC(=O)NC2C3CC4CC(C3)CC2C4)CC1. The molecule has 4 aliphatic carbocycles. The number of hydrogen-bond acceptors (Lipinski definition) is 3. The highest BCUT2D eigenvalue weighted by Crippen LogP contribution is 2.53. The first-order valence-corrected chi connectivity index (χ1v) is 9.85. The lowest BCUT2D eigenvalue weighted by molar-refractivity contribution is -0.127. The molecule has 0 atom stereocenters. The summed E-state index contributed by atoms with van der Waals surface area (Å²) in [6.07, 6.45) is 8.56. The summed E-state index contributed by atoms with van der Waals surface area (Å²) in [5, 5.41) is 6.13. The molecule has 5 nitrogen and oxygen atoms in total. The number of hydrogen-bond donors (Lipinski definition) is 2. The van der Waals surface area contributed by atoms with E-state index in [1.165, 1.54) is 32.1 Å². The zero-order chi connectivity index (χ0) is 16.7. The lowest BCUT2D eigenvalue weighted by atomic mass is 9.54. The number of piperidine rings is 1.